The zero-order chi connectivity index (χ0) is 15.4. The van der Waals surface area contributed by atoms with Crippen molar-refractivity contribution < 1.29 is 4.79 Å². The molecule has 0 radical (unpaired) electrons. The van der Waals surface area contributed by atoms with E-state index in [2.05, 4.69) is 38.1 Å². The molecule has 2 rings (SSSR count). The van der Waals surface area contributed by atoms with Crippen molar-refractivity contribution in [1.82, 2.24) is 0 Å². The van der Waals surface area contributed by atoms with Crippen LogP contribution in [0.25, 0.3) is 6.08 Å². The lowest BCUT2D eigenvalue weighted by atomic mass is 10.00. The fraction of sp³-hybridized carbons (Fsp3) is 0.250. The summed E-state index contributed by atoms with van der Waals surface area (Å²) in [5, 5.41) is 0. The summed E-state index contributed by atoms with van der Waals surface area (Å²) in [4.78, 5) is 12.2. The number of hydrogen-bond donors (Lipinski definition) is 0. The van der Waals surface area contributed by atoms with Gasteiger partial charge in [0, 0.05) is 5.56 Å². The van der Waals surface area contributed by atoms with E-state index in [-0.39, 0.29) is 5.78 Å². The van der Waals surface area contributed by atoms with E-state index >= 15 is 0 Å². The summed E-state index contributed by atoms with van der Waals surface area (Å²) in [5.74, 6) is 0.584. The first kappa shape index (κ1) is 15.2. The topological polar surface area (TPSA) is 17.1 Å². The number of allylic oxidation sites excluding steroid dienone is 1. The molecule has 0 N–H and O–H groups in total. The van der Waals surface area contributed by atoms with Crippen molar-refractivity contribution >= 4 is 11.9 Å². The Kier molecular flexibility index (Phi) is 4.74. The molecule has 0 aliphatic rings. The van der Waals surface area contributed by atoms with Crippen LogP contribution in [0.3, 0.4) is 0 Å². The molecule has 21 heavy (non-hydrogen) atoms. The van der Waals surface area contributed by atoms with E-state index in [1.807, 2.05) is 38.1 Å². The zero-order valence-electron chi connectivity index (χ0n) is 13.2. The molecule has 0 saturated heterocycles. The van der Waals surface area contributed by atoms with Gasteiger partial charge in [-0.25, -0.2) is 0 Å². The van der Waals surface area contributed by atoms with E-state index in [4.69, 9.17) is 0 Å². The van der Waals surface area contributed by atoms with E-state index in [0.717, 1.165) is 16.7 Å². The van der Waals surface area contributed by atoms with Crippen molar-refractivity contribution in [3.05, 3.63) is 76.4 Å². The minimum Gasteiger partial charge on any atom is -0.289 e. The van der Waals surface area contributed by atoms with Gasteiger partial charge < -0.3 is 0 Å². The summed E-state index contributed by atoms with van der Waals surface area (Å²) >= 11 is 0. The predicted octanol–water partition coefficient (Wildman–Crippen LogP) is 5.32. The van der Waals surface area contributed by atoms with Crippen LogP contribution in [-0.2, 0) is 0 Å². The maximum atomic E-state index is 12.2. The molecule has 0 spiro atoms. The van der Waals surface area contributed by atoms with Crippen molar-refractivity contribution in [3.63, 3.8) is 0 Å². The SMILES string of the molecule is Cc1ccc(C(=O)C=Cc2ccc(C(C)C)cc2)c(C)c1. The Hall–Kier alpha value is -2.15. The molecule has 2 aromatic rings. The van der Waals surface area contributed by atoms with Crippen LogP contribution < -0.4 is 0 Å². The fourth-order valence-electron chi connectivity index (χ4n) is 2.34. The van der Waals surface area contributed by atoms with Gasteiger partial charge >= 0.3 is 0 Å². The quantitative estimate of drug-likeness (QED) is 0.546. The number of rotatable bonds is 4. The summed E-state index contributed by atoms with van der Waals surface area (Å²) in [5.41, 5.74) is 5.35. The summed E-state index contributed by atoms with van der Waals surface area (Å²) in [6, 6.07) is 14.3. The lowest BCUT2D eigenvalue weighted by molar-refractivity contribution is 0.104. The standard InChI is InChI=1S/C20H22O/c1-14(2)18-9-6-17(7-10-18)8-12-20(21)19-11-5-15(3)13-16(19)4/h5-14H,1-4H3. The summed E-state index contributed by atoms with van der Waals surface area (Å²) in [7, 11) is 0. The van der Waals surface area contributed by atoms with Crippen LogP contribution in [0.1, 0.15) is 52.4 Å². The third kappa shape index (κ3) is 3.91. The molecule has 0 unspecified atom stereocenters. The number of carbonyl (C=O) groups is 1. The molecular formula is C20H22O. The smallest absolute Gasteiger partial charge is 0.186 e. The minimum atomic E-state index is 0.0560. The second-order valence-corrected chi connectivity index (χ2v) is 5.84. The Morgan fingerprint density at radius 3 is 2.24 bits per heavy atom. The van der Waals surface area contributed by atoms with Crippen molar-refractivity contribution in [2.75, 3.05) is 0 Å². The van der Waals surface area contributed by atoms with Crippen molar-refractivity contribution in [2.24, 2.45) is 0 Å². The lowest BCUT2D eigenvalue weighted by Crippen LogP contribution is -1.98. The van der Waals surface area contributed by atoms with E-state index in [0.29, 0.717) is 5.92 Å². The highest BCUT2D eigenvalue weighted by molar-refractivity contribution is 6.07. The van der Waals surface area contributed by atoms with Crippen molar-refractivity contribution in [3.8, 4) is 0 Å². The van der Waals surface area contributed by atoms with Gasteiger partial charge in [-0.3, -0.25) is 4.79 Å². The second kappa shape index (κ2) is 6.53. The van der Waals surface area contributed by atoms with Crippen LogP contribution >= 0.6 is 0 Å². The van der Waals surface area contributed by atoms with Crippen LogP contribution in [0.4, 0.5) is 0 Å². The number of carbonyl (C=O) groups excluding carboxylic acids is 1. The molecule has 108 valence electrons. The molecule has 0 aliphatic carbocycles. The lowest BCUT2D eigenvalue weighted by Gasteiger charge is -2.05. The Bertz CT molecular complexity index is 661. The molecule has 2 aromatic carbocycles. The molecule has 0 amide bonds. The molecule has 1 heteroatoms. The Labute approximate surface area is 127 Å². The Morgan fingerprint density at radius 1 is 1.00 bits per heavy atom. The Morgan fingerprint density at radius 2 is 1.67 bits per heavy atom. The monoisotopic (exact) mass is 278 g/mol. The highest BCUT2D eigenvalue weighted by Crippen LogP contribution is 2.16. The average Bonchev–Trinajstić information content (AvgIpc) is 2.45. The molecular weight excluding hydrogens is 256 g/mol. The summed E-state index contributed by atoms with van der Waals surface area (Å²) in [6.45, 7) is 8.36. The molecule has 0 fully saturated rings. The highest BCUT2D eigenvalue weighted by atomic mass is 16.1. The zero-order valence-corrected chi connectivity index (χ0v) is 13.2. The van der Waals surface area contributed by atoms with Gasteiger partial charge in [0.2, 0.25) is 0 Å². The van der Waals surface area contributed by atoms with Crippen LogP contribution in [0.15, 0.2) is 48.5 Å². The first-order valence-electron chi connectivity index (χ1n) is 7.37. The average molecular weight is 278 g/mol. The first-order chi connectivity index (χ1) is 9.97. The number of aryl methyl sites for hydroxylation is 2. The maximum absolute atomic E-state index is 12.2. The third-order valence-corrected chi connectivity index (χ3v) is 3.68. The largest absolute Gasteiger partial charge is 0.289 e. The third-order valence-electron chi connectivity index (χ3n) is 3.68. The second-order valence-electron chi connectivity index (χ2n) is 5.84. The molecule has 0 aromatic heterocycles. The Balaban J connectivity index is 2.15. The van der Waals surface area contributed by atoms with Gasteiger partial charge in [-0.05, 0) is 42.5 Å². The first-order valence-corrected chi connectivity index (χ1v) is 7.37. The summed E-state index contributed by atoms with van der Waals surface area (Å²) < 4.78 is 0. The van der Waals surface area contributed by atoms with Crippen LogP contribution in [0.2, 0.25) is 0 Å². The summed E-state index contributed by atoms with van der Waals surface area (Å²) in [6.07, 6.45) is 3.54. The fourth-order valence-corrected chi connectivity index (χ4v) is 2.34. The van der Waals surface area contributed by atoms with Gasteiger partial charge in [-0.1, -0.05) is 68.0 Å². The van der Waals surface area contributed by atoms with Gasteiger partial charge in [0.1, 0.15) is 0 Å². The van der Waals surface area contributed by atoms with Crippen molar-refractivity contribution in [1.29, 1.82) is 0 Å². The van der Waals surface area contributed by atoms with Gasteiger partial charge in [0.15, 0.2) is 5.78 Å². The van der Waals surface area contributed by atoms with E-state index < -0.39 is 0 Å². The normalized spacial score (nSPS) is 11.3. The number of ketones is 1. The van der Waals surface area contributed by atoms with Crippen LogP contribution in [0.5, 0.6) is 0 Å². The van der Waals surface area contributed by atoms with Crippen LogP contribution in [0, 0.1) is 13.8 Å². The number of hydrogen-bond acceptors (Lipinski definition) is 1. The molecule has 1 nitrogen and oxygen atoms in total. The van der Waals surface area contributed by atoms with Gasteiger partial charge in [0.05, 0.1) is 0 Å². The van der Waals surface area contributed by atoms with Crippen LogP contribution in [-0.4, -0.2) is 5.78 Å². The molecule has 0 heterocycles. The predicted molar refractivity (Wildman–Crippen MR) is 89.8 cm³/mol. The van der Waals surface area contributed by atoms with E-state index in [1.54, 1.807) is 6.08 Å². The maximum Gasteiger partial charge on any atom is 0.186 e. The van der Waals surface area contributed by atoms with Gasteiger partial charge in [0.25, 0.3) is 0 Å². The van der Waals surface area contributed by atoms with E-state index in [9.17, 15) is 4.79 Å². The van der Waals surface area contributed by atoms with Gasteiger partial charge in [-0.15, -0.1) is 0 Å². The molecule has 0 bridgehead atoms. The molecule has 0 aliphatic heterocycles. The van der Waals surface area contributed by atoms with Gasteiger partial charge in [-0.2, -0.15) is 0 Å². The highest BCUT2D eigenvalue weighted by Gasteiger charge is 2.05. The molecule has 0 saturated carbocycles. The minimum absolute atomic E-state index is 0.0560. The number of benzene rings is 2. The molecule has 0 atom stereocenters. The van der Waals surface area contributed by atoms with Crippen molar-refractivity contribution in [2.45, 2.75) is 33.6 Å². The van der Waals surface area contributed by atoms with E-state index in [1.165, 1.54) is 11.1 Å².